The standard InChI is InChI=1S/C14H12N2OS/c1-9-7-14(13(8-15)10(2)16-9)18-12-5-3-11(17)4-6-12/h3-7,17H,1-2H3. The maximum absolute atomic E-state index is 9.24. The van der Waals surface area contributed by atoms with Crippen LogP contribution >= 0.6 is 11.8 Å². The Morgan fingerprint density at radius 2 is 1.89 bits per heavy atom. The Balaban J connectivity index is 2.40. The monoisotopic (exact) mass is 256 g/mol. The highest BCUT2D eigenvalue weighted by molar-refractivity contribution is 7.99. The predicted molar refractivity (Wildman–Crippen MR) is 70.7 cm³/mol. The van der Waals surface area contributed by atoms with E-state index >= 15 is 0 Å². The summed E-state index contributed by atoms with van der Waals surface area (Å²) in [6.45, 7) is 3.75. The van der Waals surface area contributed by atoms with Crippen LogP contribution in [0.25, 0.3) is 0 Å². The Kier molecular flexibility index (Phi) is 3.54. The molecule has 90 valence electrons. The smallest absolute Gasteiger partial charge is 0.115 e. The molecule has 18 heavy (non-hydrogen) atoms. The van der Waals surface area contributed by atoms with Crippen LogP contribution in [-0.2, 0) is 0 Å². The molecule has 2 aromatic rings. The van der Waals surface area contributed by atoms with E-state index in [0.717, 1.165) is 21.2 Å². The van der Waals surface area contributed by atoms with Gasteiger partial charge in [0.05, 0.1) is 11.3 Å². The zero-order valence-electron chi connectivity index (χ0n) is 10.1. The lowest BCUT2D eigenvalue weighted by Crippen LogP contribution is -1.93. The van der Waals surface area contributed by atoms with Crippen molar-refractivity contribution >= 4 is 11.8 Å². The van der Waals surface area contributed by atoms with Crippen molar-refractivity contribution in [3.05, 3.63) is 47.3 Å². The summed E-state index contributed by atoms with van der Waals surface area (Å²) >= 11 is 1.50. The number of phenolic OH excluding ortho intramolecular Hbond substituents is 1. The van der Waals surface area contributed by atoms with Crippen LogP contribution in [0.1, 0.15) is 17.0 Å². The summed E-state index contributed by atoms with van der Waals surface area (Å²) in [5.74, 6) is 0.238. The molecule has 0 aliphatic rings. The van der Waals surface area contributed by atoms with Crippen molar-refractivity contribution < 1.29 is 5.11 Å². The first-order chi connectivity index (χ1) is 8.60. The van der Waals surface area contributed by atoms with Gasteiger partial charge in [0.25, 0.3) is 0 Å². The van der Waals surface area contributed by atoms with E-state index in [4.69, 9.17) is 5.26 Å². The number of aromatic nitrogens is 1. The zero-order valence-corrected chi connectivity index (χ0v) is 11.0. The SMILES string of the molecule is Cc1cc(Sc2ccc(O)cc2)c(C#N)c(C)n1. The van der Waals surface area contributed by atoms with Gasteiger partial charge in [-0.05, 0) is 44.2 Å². The predicted octanol–water partition coefficient (Wildman–Crippen LogP) is 3.43. The Morgan fingerprint density at radius 3 is 2.50 bits per heavy atom. The van der Waals surface area contributed by atoms with Crippen molar-refractivity contribution in [1.82, 2.24) is 4.98 Å². The minimum atomic E-state index is 0.238. The molecule has 0 fully saturated rings. The Hall–Kier alpha value is -1.99. The topological polar surface area (TPSA) is 56.9 Å². The fraction of sp³-hybridized carbons (Fsp3) is 0.143. The maximum atomic E-state index is 9.24. The van der Waals surface area contributed by atoms with Crippen LogP contribution in [0.5, 0.6) is 5.75 Å². The van der Waals surface area contributed by atoms with Crippen molar-refractivity contribution in [2.45, 2.75) is 23.6 Å². The highest BCUT2D eigenvalue weighted by Gasteiger charge is 2.09. The zero-order chi connectivity index (χ0) is 13.1. The molecular formula is C14H12N2OS. The molecular weight excluding hydrogens is 244 g/mol. The molecule has 1 aromatic heterocycles. The Labute approximate surface area is 110 Å². The third-order valence-electron chi connectivity index (χ3n) is 2.47. The largest absolute Gasteiger partial charge is 0.508 e. The van der Waals surface area contributed by atoms with Gasteiger partial charge >= 0.3 is 0 Å². The Morgan fingerprint density at radius 1 is 1.22 bits per heavy atom. The number of hydrogen-bond acceptors (Lipinski definition) is 4. The number of aromatic hydroxyl groups is 1. The number of pyridine rings is 1. The summed E-state index contributed by atoms with van der Waals surface area (Å²) in [6.07, 6.45) is 0. The average molecular weight is 256 g/mol. The van der Waals surface area contributed by atoms with Crippen LogP contribution in [-0.4, -0.2) is 10.1 Å². The summed E-state index contributed by atoms with van der Waals surface area (Å²) < 4.78 is 0. The molecule has 0 bridgehead atoms. The summed E-state index contributed by atoms with van der Waals surface area (Å²) in [7, 11) is 0. The van der Waals surface area contributed by atoms with Crippen LogP contribution in [0, 0.1) is 25.2 Å². The van der Waals surface area contributed by atoms with E-state index in [1.807, 2.05) is 32.0 Å². The fourth-order valence-electron chi connectivity index (χ4n) is 1.65. The second kappa shape index (κ2) is 5.11. The molecule has 1 heterocycles. The van der Waals surface area contributed by atoms with Gasteiger partial charge in [0.1, 0.15) is 11.8 Å². The van der Waals surface area contributed by atoms with E-state index < -0.39 is 0 Å². The van der Waals surface area contributed by atoms with E-state index in [0.29, 0.717) is 5.56 Å². The molecule has 0 atom stereocenters. The number of nitriles is 1. The number of aryl methyl sites for hydroxylation is 2. The Bertz CT molecular complexity index is 615. The fourth-order valence-corrected chi connectivity index (χ4v) is 2.70. The van der Waals surface area contributed by atoms with Crippen LogP contribution < -0.4 is 0 Å². The molecule has 0 amide bonds. The molecule has 3 nitrogen and oxygen atoms in total. The third-order valence-corrected chi connectivity index (χ3v) is 3.52. The third kappa shape index (κ3) is 2.63. The summed E-state index contributed by atoms with van der Waals surface area (Å²) in [5, 5.41) is 18.4. The molecule has 0 spiro atoms. The van der Waals surface area contributed by atoms with Crippen LogP contribution in [0.15, 0.2) is 40.1 Å². The lowest BCUT2D eigenvalue weighted by atomic mass is 10.2. The van der Waals surface area contributed by atoms with Gasteiger partial charge in [-0.25, -0.2) is 0 Å². The second-order valence-corrected chi connectivity index (χ2v) is 5.05. The van der Waals surface area contributed by atoms with Crippen LogP contribution in [0.3, 0.4) is 0 Å². The van der Waals surface area contributed by atoms with Crippen molar-refractivity contribution in [3.8, 4) is 11.8 Å². The lowest BCUT2D eigenvalue weighted by Gasteiger charge is -2.07. The molecule has 0 saturated heterocycles. The summed E-state index contributed by atoms with van der Waals surface area (Å²) in [4.78, 5) is 6.16. The molecule has 0 aliphatic heterocycles. The van der Waals surface area contributed by atoms with Crippen LogP contribution in [0.2, 0.25) is 0 Å². The molecule has 1 aromatic carbocycles. The first-order valence-electron chi connectivity index (χ1n) is 5.45. The highest BCUT2D eigenvalue weighted by atomic mass is 32.2. The second-order valence-electron chi connectivity index (χ2n) is 3.93. The maximum Gasteiger partial charge on any atom is 0.115 e. The molecule has 2 rings (SSSR count). The summed E-state index contributed by atoms with van der Waals surface area (Å²) in [5.41, 5.74) is 2.25. The van der Waals surface area contributed by atoms with Gasteiger partial charge in [0, 0.05) is 15.5 Å². The quantitative estimate of drug-likeness (QED) is 0.894. The van der Waals surface area contributed by atoms with Gasteiger partial charge in [0.15, 0.2) is 0 Å². The first-order valence-corrected chi connectivity index (χ1v) is 6.27. The molecule has 4 heteroatoms. The minimum absolute atomic E-state index is 0.238. The summed E-state index contributed by atoms with van der Waals surface area (Å²) in [6, 6.07) is 11.0. The van der Waals surface area contributed by atoms with Gasteiger partial charge in [-0.1, -0.05) is 11.8 Å². The minimum Gasteiger partial charge on any atom is -0.508 e. The normalized spacial score (nSPS) is 10.1. The molecule has 0 saturated carbocycles. The van der Waals surface area contributed by atoms with Gasteiger partial charge < -0.3 is 5.11 Å². The molecule has 1 N–H and O–H groups in total. The molecule has 0 unspecified atom stereocenters. The average Bonchev–Trinajstić information content (AvgIpc) is 2.32. The van der Waals surface area contributed by atoms with E-state index in [2.05, 4.69) is 11.1 Å². The first kappa shape index (κ1) is 12.5. The van der Waals surface area contributed by atoms with Crippen molar-refractivity contribution in [2.24, 2.45) is 0 Å². The van der Waals surface area contributed by atoms with Gasteiger partial charge in [-0.15, -0.1) is 0 Å². The van der Waals surface area contributed by atoms with E-state index in [1.165, 1.54) is 11.8 Å². The van der Waals surface area contributed by atoms with Crippen molar-refractivity contribution in [1.29, 1.82) is 5.26 Å². The van der Waals surface area contributed by atoms with Crippen molar-refractivity contribution in [3.63, 3.8) is 0 Å². The number of rotatable bonds is 2. The van der Waals surface area contributed by atoms with Gasteiger partial charge in [-0.3, -0.25) is 4.98 Å². The van der Waals surface area contributed by atoms with Crippen molar-refractivity contribution in [2.75, 3.05) is 0 Å². The van der Waals surface area contributed by atoms with E-state index in [9.17, 15) is 5.11 Å². The number of phenols is 1. The highest BCUT2D eigenvalue weighted by Crippen LogP contribution is 2.32. The molecule has 0 radical (unpaired) electrons. The lowest BCUT2D eigenvalue weighted by molar-refractivity contribution is 0.475. The van der Waals surface area contributed by atoms with E-state index in [-0.39, 0.29) is 5.75 Å². The molecule has 0 aliphatic carbocycles. The van der Waals surface area contributed by atoms with Gasteiger partial charge in [-0.2, -0.15) is 5.26 Å². The van der Waals surface area contributed by atoms with Crippen LogP contribution in [0.4, 0.5) is 0 Å². The van der Waals surface area contributed by atoms with Gasteiger partial charge in [0.2, 0.25) is 0 Å². The van der Waals surface area contributed by atoms with E-state index in [1.54, 1.807) is 12.1 Å². The number of nitrogens with zero attached hydrogens (tertiary/aromatic N) is 2. The number of benzene rings is 1. The number of hydrogen-bond donors (Lipinski definition) is 1.